The molecule has 0 unspecified atom stereocenters. The van der Waals surface area contributed by atoms with E-state index in [1.165, 1.54) is 42.9 Å². The number of aryl methyl sites for hydroxylation is 1. The predicted molar refractivity (Wildman–Crippen MR) is 162 cm³/mol. The van der Waals surface area contributed by atoms with Crippen LogP contribution in [0.25, 0.3) is 0 Å². The number of carbonyl (C=O) groups is 3. The summed E-state index contributed by atoms with van der Waals surface area (Å²) in [4.78, 5) is 36.6. The number of rotatable bonds is 12. The van der Waals surface area contributed by atoms with Gasteiger partial charge in [0.15, 0.2) is 11.5 Å². The van der Waals surface area contributed by atoms with Crippen molar-refractivity contribution in [3.05, 3.63) is 24.4 Å². The van der Waals surface area contributed by atoms with Gasteiger partial charge in [0.25, 0.3) is 21.8 Å². The summed E-state index contributed by atoms with van der Waals surface area (Å²) in [6, 6.07) is 3.02. The van der Waals surface area contributed by atoms with E-state index < -0.39 is 81.4 Å². The molecule has 0 saturated heterocycles. The standard InChI is InChI=1S/C29H38F3N5O10S/c1-7-36-14-21(24(35-36)45-15-22(38)44-6)48(42,43)37-13-20(23(16-8-9-16)34-25(39)27(2,3)41)46-19-11-10-17(12-18(19)37)33-26(40)47-28(4,5)29(30,31)32/h10-12,14,16,20,23,41H,7-9,13,15H2,1-6H3,(H,33,40)(H,34,39)/t20-,23+/m1/s1. The lowest BCUT2D eigenvalue weighted by atomic mass is 10.0. The minimum atomic E-state index is -4.87. The Morgan fingerprint density at radius 1 is 1.17 bits per heavy atom. The first-order chi connectivity index (χ1) is 22.2. The number of anilines is 2. The number of nitrogens with zero attached hydrogens (tertiary/aromatic N) is 3. The topological polar surface area (TPSA) is 188 Å². The maximum absolute atomic E-state index is 14.4. The number of nitrogens with one attached hydrogen (secondary N) is 2. The molecule has 0 spiro atoms. The lowest BCUT2D eigenvalue weighted by Crippen LogP contribution is -2.58. The van der Waals surface area contributed by atoms with Crippen molar-refractivity contribution in [2.24, 2.45) is 5.92 Å². The van der Waals surface area contributed by atoms with Crippen molar-refractivity contribution < 1.29 is 60.0 Å². The number of ether oxygens (including phenoxy) is 4. The average molecular weight is 706 g/mol. The quantitative estimate of drug-likeness (QED) is 0.276. The number of aromatic nitrogens is 2. The summed E-state index contributed by atoms with van der Waals surface area (Å²) < 4.78 is 91.8. The Kier molecular flexibility index (Phi) is 10.2. The fourth-order valence-electron chi connectivity index (χ4n) is 4.63. The van der Waals surface area contributed by atoms with Gasteiger partial charge in [-0.25, -0.2) is 18.0 Å². The van der Waals surface area contributed by atoms with Crippen LogP contribution in [-0.4, -0.2) is 91.1 Å². The molecule has 0 radical (unpaired) electrons. The molecule has 1 fully saturated rings. The van der Waals surface area contributed by atoms with Crippen LogP contribution in [-0.2, 0) is 35.6 Å². The zero-order valence-corrected chi connectivity index (χ0v) is 27.9. The number of hydrogen-bond acceptors (Lipinski definition) is 11. The molecular weight excluding hydrogens is 667 g/mol. The minimum absolute atomic E-state index is 0.00701. The molecule has 48 heavy (non-hydrogen) atoms. The highest BCUT2D eigenvalue weighted by molar-refractivity contribution is 7.93. The summed E-state index contributed by atoms with van der Waals surface area (Å²) >= 11 is 0. The Labute approximate surface area is 274 Å². The van der Waals surface area contributed by atoms with E-state index in [0.29, 0.717) is 26.7 Å². The number of hydrogen-bond donors (Lipinski definition) is 3. The van der Waals surface area contributed by atoms with Gasteiger partial charge in [-0.05, 0) is 71.6 Å². The van der Waals surface area contributed by atoms with Crippen LogP contribution in [0.5, 0.6) is 11.6 Å². The molecule has 2 atom stereocenters. The molecule has 0 bridgehead atoms. The molecule has 1 saturated carbocycles. The van der Waals surface area contributed by atoms with Crippen LogP contribution < -0.4 is 24.4 Å². The summed E-state index contributed by atoms with van der Waals surface area (Å²) in [5.41, 5.74) is -4.82. The summed E-state index contributed by atoms with van der Waals surface area (Å²) in [7, 11) is -3.51. The number of halogens is 3. The van der Waals surface area contributed by atoms with Crippen LogP contribution in [0.3, 0.4) is 0 Å². The van der Waals surface area contributed by atoms with E-state index in [9.17, 15) is 41.1 Å². The van der Waals surface area contributed by atoms with Crippen molar-refractivity contribution in [1.82, 2.24) is 15.1 Å². The van der Waals surface area contributed by atoms with Crippen molar-refractivity contribution in [3.8, 4) is 11.6 Å². The Balaban J connectivity index is 1.76. The first-order valence-corrected chi connectivity index (χ1v) is 16.3. The molecule has 1 aromatic carbocycles. The molecule has 15 nitrogen and oxygen atoms in total. The molecule has 1 aliphatic heterocycles. The van der Waals surface area contributed by atoms with E-state index in [4.69, 9.17) is 9.47 Å². The zero-order valence-electron chi connectivity index (χ0n) is 27.1. The maximum atomic E-state index is 14.4. The van der Waals surface area contributed by atoms with E-state index in [2.05, 4.69) is 25.2 Å². The Morgan fingerprint density at radius 2 is 1.83 bits per heavy atom. The van der Waals surface area contributed by atoms with E-state index in [-0.39, 0.29) is 29.6 Å². The third-order valence-corrected chi connectivity index (χ3v) is 9.42. The van der Waals surface area contributed by atoms with E-state index >= 15 is 0 Å². The molecule has 2 aliphatic rings. The van der Waals surface area contributed by atoms with Crippen molar-refractivity contribution >= 4 is 39.4 Å². The van der Waals surface area contributed by atoms with Crippen molar-refractivity contribution in [3.63, 3.8) is 0 Å². The lowest BCUT2D eigenvalue weighted by molar-refractivity contribution is -0.242. The molecule has 266 valence electrons. The zero-order chi connectivity index (χ0) is 35.8. The number of benzene rings is 1. The number of carbonyl (C=O) groups excluding carboxylic acids is 3. The number of alkyl halides is 3. The van der Waals surface area contributed by atoms with Crippen molar-refractivity contribution in [2.45, 2.75) is 88.4 Å². The summed E-state index contributed by atoms with van der Waals surface area (Å²) in [5, 5.41) is 19.4. The molecule has 2 heterocycles. The first-order valence-electron chi connectivity index (χ1n) is 14.9. The van der Waals surface area contributed by atoms with E-state index in [0.717, 1.165) is 11.4 Å². The summed E-state index contributed by atoms with van der Waals surface area (Å²) in [6.45, 7) is 4.81. The molecule has 19 heteroatoms. The highest BCUT2D eigenvalue weighted by Crippen LogP contribution is 2.44. The van der Waals surface area contributed by atoms with Gasteiger partial charge < -0.3 is 29.4 Å². The molecule has 2 amide bonds. The smallest absolute Gasteiger partial charge is 0.427 e. The number of fused-ring (bicyclic) bond motifs is 1. The highest BCUT2D eigenvalue weighted by atomic mass is 32.2. The van der Waals surface area contributed by atoms with Gasteiger partial charge >= 0.3 is 18.2 Å². The predicted octanol–water partition coefficient (Wildman–Crippen LogP) is 2.97. The second-order valence-electron chi connectivity index (χ2n) is 12.3. The Morgan fingerprint density at radius 3 is 2.40 bits per heavy atom. The fourth-order valence-corrected chi connectivity index (χ4v) is 6.18. The van der Waals surface area contributed by atoms with Gasteiger partial charge in [0.05, 0.1) is 25.4 Å². The van der Waals surface area contributed by atoms with Crippen LogP contribution in [0.4, 0.5) is 29.3 Å². The molecule has 3 N–H and O–H groups in total. The summed E-state index contributed by atoms with van der Waals surface area (Å²) in [5.74, 6) is -2.01. The number of aliphatic hydroxyl groups is 1. The van der Waals surface area contributed by atoms with Gasteiger partial charge in [-0.2, -0.15) is 13.2 Å². The second-order valence-corrected chi connectivity index (χ2v) is 14.1. The largest absolute Gasteiger partial charge is 0.484 e. The van der Waals surface area contributed by atoms with Crippen molar-refractivity contribution in [1.29, 1.82) is 0 Å². The second kappa shape index (κ2) is 13.3. The van der Waals surface area contributed by atoms with E-state index in [1.54, 1.807) is 6.92 Å². The van der Waals surface area contributed by atoms with Gasteiger partial charge in [-0.1, -0.05) is 0 Å². The normalized spacial score (nSPS) is 17.5. The fraction of sp³-hybridized carbons (Fsp3) is 0.586. The van der Waals surface area contributed by atoms with Crippen LogP contribution in [0.1, 0.15) is 47.5 Å². The first kappa shape index (κ1) is 36.6. The molecular formula is C29H38F3N5O10S. The number of methoxy groups -OCH3 is 1. The van der Waals surface area contributed by atoms with Crippen molar-refractivity contribution in [2.75, 3.05) is 29.9 Å². The number of amides is 2. The molecule has 4 rings (SSSR count). The Hall–Kier alpha value is -4.26. The SMILES string of the molecule is CCn1cc(S(=O)(=O)N2C[C@H]([C@@H](NC(=O)C(C)(C)O)C3CC3)Oc3ccc(NC(=O)OC(C)(C)C(F)(F)F)cc32)c(OCC(=O)OC)n1. The molecule has 2 aromatic rings. The molecule has 1 aromatic heterocycles. The monoisotopic (exact) mass is 705 g/mol. The van der Waals surface area contributed by atoms with Crippen LogP contribution in [0.2, 0.25) is 0 Å². The lowest BCUT2D eigenvalue weighted by Gasteiger charge is -2.39. The third kappa shape index (κ3) is 8.05. The summed E-state index contributed by atoms with van der Waals surface area (Å²) in [6.07, 6.45) is -4.72. The van der Waals surface area contributed by atoms with Gasteiger partial charge in [-0.15, -0.1) is 5.10 Å². The van der Waals surface area contributed by atoms with Gasteiger partial charge in [0.1, 0.15) is 17.5 Å². The van der Waals surface area contributed by atoms with Gasteiger partial charge in [0, 0.05) is 18.4 Å². The van der Waals surface area contributed by atoms with Gasteiger partial charge in [0.2, 0.25) is 5.60 Å². The Bertz CT molecular complexity index is 1650. The third-order valence-electron chi connectivity index (χ3n) is 7.66. The van der Waals surface area contributed by atoms with E-state index in [1.807, 2.05) is 0 Å². The average Bonchev–Trinajstić information content (AvgIpc) is 3.74. The maximum Gasteiger partial charge on any atom is 0.427 e. The molecule has 1 aliphatic carbocycles. The van der Waals surface area contributed by atoms with Crippen LogP contribution in [0, 0.1) is 5.92 Å². The number of sulfonamides is 1. The van der Waals surface area contributed by atoms with Crippen LogP contribution in [0.15, 0.2) is 29.3 Å². The highest BCUT2D eigenvalue weighted by Gasteiger charge is 2.51. The van der Waals surface area contributed by atoms with Gasteiger partial charge in [-0.3, -0.25) is 19.1 Å². The minimum Gasteiger partial charge on any atom is -0.484 e. The van der Waals surface area contributed by atoms with Crippen LogP contribution >= 0.6 is 0 Å². The number of esters is 1.